The molecule has 3 aliphatic carbocycles. The van der Waals surface area contributed by atoms with E-state index in [1.807, 2.05) is 21.3 Å². The van der Waals surface area contributed by atoms with Gasteiger partial charge in [-0.05, 0) is 38.5 Å². The van der Waals surface area contributed by atoms with Crippen molar-refractivity contribution in [3.8, 4) is 0 Å². The van der Waals surface area contributed by atoms with Crippen LogP contribution < -0.4 is 0 Å². The molecule has 6 unspecified atom stereocenters. The van der Waals surface area contributed by atoms with Gasteiger partial charge in [-0.25, -0.2) is 0 Å². The van der Waals surface area contributed by atoms with Gasteiger partial charge in [0.1, 0.15) is 7.14 Å². The van der Waals surface area contributed by atoms with Crippen LogP contribution in [0.15, 0.2) is 0 Å². The first kappa shape index (κ1) is 20.8. The molecule has 3 aliphatic rings. The van der Waals surface area contributed by atoms with Gasteiger partial charge in [-0.1, -0.05) is 38.5 Å². The Morgan fingerprint density at radius 1 is 0.538 bits per heavy atom. The van der Waals surface area contributed by atoms with E-state index >= 15 is 4.57 Å². The van der Waals surface area contributed by atoms with Crippen LogP contribution in [0.4, 0.5) is 0 Å². The molecule has 0 heterocycles. The Bertz CT molecular complexity index is 416. The average molecular weight is 387 g/mol. The van der Waals surface area contributed by atoms with Crippen molar-refractivity contribution in [2.75, 3.05) is 21.3 Å². The van der Waals surface area contributed by atoms with Crippen molar-refractivity contribution in [1.29, 1.82) is 0 Å². The average Bonchev–Trinajstić information content (AvgIpc) is 2.73. The molecule has 0 amide bonds. The van der Waals surface area contributed by atoms with E-state index in [2.05, 4.69) is 0 Å². The highest BCUT2D eigenvalue weighted by Crippen LogP contribution is 2.69. The fourth-order valence-electron chi connectivity index (χ4n) is 6.18. The lowest BCUT2D eigenvalue weighted by Crippen LogP contribution is -2.47. The number of ether oxygens (including phenoxy) is 3. The summed E-state index contributed by atoms with van der Waals surface area (Å²) in [5.74, 6) is 0. The summed E-state index contributed by atoms with van der Waals surface area (Å²) in [5, 5.41) is 0. The van der Waals surface area contributed by atoms with Gasteiger partial charge in [0.2, 0.25) is 0 Å². The first-order valence-electron chi connectivity index (χ1n) is 10.8. The zero-order valence-electron chi connectivity index (χ0n) is 17.0. The van der Waals surface area contributed by atoms with Crippen LogP contribution in [0, 0.1) is 0 Å². The second-order valence-corrected chi connectivity index (χ2v) is 12.2. The second kappa shape index (κ2) is 9.54. The molecule has 6 atom stereocenters. The third-order valence-corrected chi connectivity index (χ3v) is 12.3. The van der Waals surface area contributed by atoms with Gasteiger partial charge in [0.25, 0.3) is 0 Å². The van der Waals surface area contributed by atoms with E-state index in [-0.39, 0.29) is 35.3 Å². The molecule has 3 rings (SSSR count). The van der Waals surface area contributed by atoms with Gasteiger partial charge in [0, 0.05) is 38.3 Å². The molecule has 0 aliphatic heterocycles. The lowest BCUT2D eigenvalue weighted by atomic mass is 9.95. The molecule has 0 aromatic carbocycles. The fraction of sp³-hybridized carbons (Fsp3) is 1.00. The monoisotopic (exact) mass is 386 g/mol. The minimum Gasteiger partial charge on any atom is -0.381 e. The third-order valence-electron chi connectivity index (χ3n) is 7.47. The zero-order chi connectivity index (χ0) is 18.6. The first-order valence-corrected chi connectivity index (χ1v) is 12.8. The van der Waals surface area contributed by atoms with Crippen molar-refractivity contribution >= 4 is 7.14 Å². The summed E-state index contributed by atoms with van der Waals surface area (Å²) >= 11 is 0. The van der Waals surface area contributed by atoms with Gasteiger partial charge >= 0.3 is 0 Å². The van der Waals surface area contributed by atoms with E-state index in [1.165, 1.54) is 38.5 Å². The molecule has 0 radical (unpaired) electrons. The van der Waals surface area contributed by atoms with Gasteiger partial charge in [0.05, 0.1) is 18.3 Å². The summed E-state index contributed by atoms with van der Waals surface area (Å²) in [6, 6.07) is 0. The van der Waals surface area contributed by atoms with Gasteiger partial charge in [-0.15, -0.1) is 0 Å². The summed E-state index contributed by atoms with van der Waals surface area (Å²) in [6.45, 7) is 0. The SMILES string of the molecule is COC1CCCCC1P(=O)(C1CCCCC1OC)C1CCCCC1OC. The smallest absolute Gasteiger partial charge is 0.104 e. The number of hydrogen-bond acceptors (Lipinski definition) is 4. The maximum Gasteiger partial charge on any atom is 0.104 e. The van der Waals surface area contributed by atoms with Crippen LogP contribution >= 0.6 is 7.14 Å². The van der Waals surface area contributed by atoms with Gasteiger partial charge < -0.3 is 18.8 Å². The Morgan fingerprint density at radius 2 is 0.808 bits per heavy atom. The first-order chi connectivity index (χ1) is 12.7. The van der Waals surface area contributed by atoms with Gasteiger partial charge in [-0.3, -0.25) is 0 Å². The van der Waals surface area contributed by atoms with Crippen LogP contribution in [0.25, 0.3) is 0 Å². The lowest BCUT2D eigenvalue weighted by Gasteiger charge is -2.49. The third kappa shape index (κ3) is 3.95. The minimum atomic E-state index is -2.54. The molecule has 4 nitrogen and oxygen atoms in total. The largest absolute Gasteiger partial charge is 0.381 e. The Balaban J connectivity index is 2.00. The van der Waals surface area contributed by atoms with Crippen LogP contribution in [-0.2, 0) is 18.8 Å². The number of hydrogen-bond donors (Lipinski definition) is 0. The van der Waals surface area contributed by atoms with Crippen molar-refractivity contribution in [1.82, 2.24) is 0 Å². The summed E-state index contributed by atoms with van der Waals surface area (Å²) < 4.78 is 32.9. The van der Waals surface area contributed by atoms with E-state index in [1.54, 1.807) is 0 Å². The minimum absolute atomic E-state index is 0.147. The van der Waals surface area contributed by atoms with Crippen LogP contribution in [0.1, 0.15) is 77.0 Å². The quantitative estimate of drug-likeness (QED) is 0.587. The summed E-state index contributed by atoms with van der Waals surface area (Å²) in [7, 11) is 2.91. The molecule has 3 saturated carbocycles. The molecular formula is C21H39O4P. The normalized spacial score (nSPS) is 41.5. The standard InChI is InChI=1S/C21H39O4P/c1-23-16-10-4-7-13-19(16)26(22,20-14-8-5-11-17(20)24-2)21-15-9-6-12-18(21)25-3/h16-21H,4-15H2,1-3H3. The summed E-state index contributed by atoms with van der Waals surface area (Å²) in [6.07, 6.45) is 13.9. The highest BCUT2D eigenvalue weighted by molar-refractivity contribution is 7.66. The molecule has 5 heteroatoms. The number of methoxy groups -OCH3 is 3. The predicted octanol–water partition coefficient (Wildman–Crippen LogP) is 5.22. The van der Waals surface area contributed by atoms with Gasteiger partial charge in [-0.2, -0.15) is 0 Å². The Morgan fingerprint density at radius 3 is 1.08 bits per heavy atom. The molecular weight excluding hydrogens is 347 g/mol. The summed E-state index contributed by atoms with van der Waals surface area (Å²) in [5.41, 5.74) is 0.591. The van der Waals surface area contributed by atoms with Gasteiger partial charge in [0.15, 0.2) is 0 Å². The van der Waals surface area contributed by atoms with Crippen LogP contribution in [-0.4, -0.2) is 56.6 Å². The molecule has 3 fully saturated rings. The second-order valence-electron chi connectivity index (χ2n) is 8.64. The Kier molecular flexibility index (Phi) is 7.65. The molecule has 0 N–H and O–H groups in total. The van der Waals surface area contributed by atoms with E-state index in [0.29, 0.717) is 0 Å². The van der Waals surface area contributed by atoms with E-state index in [0.717, 1.165) is 38.5 Å². The summed E-state index contributed by atoms with van der Waals surface area (Å²) in [4.78, 5) is 0. The van der Waals surface area contributed by atoms with Crippen molar-refractivity contribution in [2.45, 2.75) is 112 Å². The highest BCUT2D eigenvalue weighted by Gasteiger charge is 2.54. The van der Waals surface area contributed by atoms with Crippen molar-refractivity contribution in [2.24, 2.45) is 0 Å². The van der Waals surface area contributed by atoms with E-state index in [9.17, 15) is 0 Å². The molecule has 152 valence electrons. The van der Waals surface area contributed by atoms with E-state index in [4.69, 9.17) is 14.2 Å². The molecule has 26 heavy (non-hydrogen) atoms. The van der Waals surface area contributed by atoms with Crippen molar-refractivity contribution in [3.63, 3.8) is 0 Å². The van der Waals surface area contributed by atoms with Crippen molar-refractivity contribution < 1.29 is 18.8 Å². The topological polar surface area (TPSA) is 44.8 Å². The molecule has 0 aromatic rings. The predicted molar refractivity (Wildman–Crippen MR) is 107 cm³/mol. The van der Waals surface area contributed by atoms with Crippen LogP contribution in [0.2, 0.25) is 0 Å². The number of rotatable bonds is 6. The highest BCUT2D eigenvalue weighted by atomic mass is 31.2. The van der Waals surface area contributed by atoms with Crippen molar-refractivity contribution in [3.05, 3.63) is 0 Å². The van der Waals surface area contributed by atoms with E-state index < -0.39 is 7.14 Å². The maximum absolute atomic E-state index is 15.1. The lowest BCUT2D eigenvalue weighted by molar-refractivity contribution is 0.0515. The Hall–Kier alpha value is 0.110. The Labute approximate surface area is 160 Å². The fourth-order valence-corrected chi connectivity index (χ4v) is 11.8. The van der Waals surface area contributed by atoms with Crippen LogP contribution in [0.5, 0.6) is 0 Å². The maximum atomic E-state index is 15.1. The molecule has 0 spiro atoms. The van der Waals surface area contributed by atoms with Crippen LogP contribution in [0.3, 0.4) is 0 Å². The molecule has 0 bridgehead atoms. The molecule has 0 saturated heterocycles. The zero-order valence-corrected chi connectivity index (χ0v) is 17.9. The molecule has 0 aromatic heterocycles.